The fourth-order valence-electron chi connectivity index (χ4n) is 5.60. The number of hydrogen-bond acceptors (Lipinski definition) is 7. The predicted molar refractivity (Wildman–Crippen MR) is 159 cm³/mol. The second kappa shape index (κ2) is 11.7. The molecule has 6 rings (SSSR count). The molecule has 0 unspecified atom stereocenters. The Morgan fingerprint density at radius 1 is 1.17 bits per heavy atom. The number of pyridine rings is 1. The Balaban J connectivity index is 1.26. The lowest BCUT2D eigenvalue weighted by atomic mass is 10.1. The molecule has 1 aromatic carbocycles. The van der Waals surface area contributed by atoms with E-state index in [2.05, 4.69) is 28.6 Å². The number of nitrogens with zero attached hydrogens (tertiary/aromatic N) is 4. The molecule has 3 aromatic rings. The molecule has 0 aliphatic carbocycles. The SMILES string of the molecule is CCc1nn(Cc2cccc(C)n2)c2cccc(NC(=O)/C3=C/CCC/C=C4\C=C(O[C@@H]5CNC[C@H]5O)C=CN34)c12. The Kier molecular flexibility index (Phi) is 7.71. The first-order chi connectivity index (χ1) is 20.0. The Hall–Kier alpha value is -4.21. The third-order valence-electron chi connectivity index (χ3n) is 7.65. The number of carbonyl (C=O) groups is 1. The van der Waals surface area contributed by atoms with Crippen LogP contribution in [0.2, 0.25) is 0 Å². The number of anilines is 1. The van der Waals surface area contributed by atoms with E-state index < -0.39 is 6.10 Å². The van der Waals surface area contributed by atoms with Gasteiger partial charge in [-0.3, -0.25) is 14.5 Å². The van der Waals surface area contributed by atoms with Crippen LogP contribution < -0.4 is 10.6 Å². The van der Waals surface area contributed by atoms with Crippen molar-refractivity contribution < 1.29 is 14.6 Å². The average Bonchev–Trinajstić information content (AvgIpc) is 3.52. The van der Waals surface area contributed by atoms with Gasteiger partial charge in [0.2, 0.25) is 0 Å². The second-order valence-electron chi connectivity index (χ2n) is 10.6. The molecule has 0 saturated carbocycles. The first kappa shape index (κ1) is 27.0. The number of aliphatic hydroxyl groups is 1. The zero-order valence-corrected chi connectivity index (χ0v) is 23.5. The van der Waals surface area contributed by atoms with E-state index in [0.717, 1.165) is 65.1 Å². The number of aromatic nitrogens is 3. The highest BCUT2D eigenvalue weighted by atomic mass is 16.5. The average molecular weight is 553 g/mol. The van der Waals surface area contributed by atoms with E-state index in [4.69, 9.17) is 9.84 Å². The molecule has 3 aliphatic rings. The number of rotatable bonds is 7. The summed E-state index contributed by atoms with van der Waals surface area (Å²) < 4.78 is 8.03. The van der Waals surface area contributed by atoms with Gasteiger partial charge in [0.25, 0.3) is 5.91 Å². The molecule has 41 heavy (non-hydrogen) atoms. The minimum absolute atomic E-state index is 0.182. The van der Waals surface area contributed by atoms with Gasteiger partial charge in [-0.25, -0.2) is 0 Å². The van der Waals surface area contributed by atoms with Crippen LogP contribution in [0.5, 0.6) is 0 Å². The lowest BCUT2D eigenvalue weighted by Crippen LogP contribution is -2.30. The largest absolute Gasteiger partial charge is 0.486 e. The van der Waals surface area contributed by atoms with Crippen molar-refractivity contribution in [2.75, 3.05) is 18.4 Å². The lowest BCUT2D eigenvalue weighted by Gasteiger charge is -2.29. The van der Waals surface area contributed by atoms with Crippen LogP contribution in [0.1, 0.15) is 43.3 Å². The molecule has 0 spiro atoms. The maximum Gasteiger partial charge on any atom is 0.272 e. The summed E-state index contributed by atoms with van der Waals surface area (Å²) in [7, 11) is 0. The highest BCUT2D eigenvalue weighted by Crippen LogP contribution is 2.31. The zero-order chi connectivity index (χ0) is 28.3. The van der Waals surface area contributed by atoms with Crippen LogP contribution in [0.15, 0.2) is 84.1 Å². The molecule has 0 radical (unpaired) electrons. The van der Waals surface area contributed by atoms with Gasteiger partial charge in [0.1, 0.15) is 23.7 Å². The number of nitrogens with one attached hydrogen (secondary N) is 2. The van der Waals surface area contributed by atoms with Gasteiger partial charge in [-0.15, -0.1) is 0 Å². The van der Waals surface area contributed by atoms with E-state index in [1.54, 1.807) is 0 Å². The molecular weight excluding hydrogens is 516 g/mol. The first-order valence-corrected chi connectivity index (χ1v) is 14.4. The fourth-order valence-corrected chi connectivity index (χ4v) is 5.60. The van der Waals surface area contributed by atoms with Gasteiger partial charge < -0.3 is 25.4 Å². The Bertz CT molecular complexity index is 1580. The van der Waals surface area contributed by atoms with E-state index in [9.17, 15) is 9.90 Å². The van der Waals surface area contributed by atoms with Crippen molar-refractivity contribution in [2.45, 2.75) is 58.3 Å². The smallest absolute Gasteiger partial charge is 0.272 e. The molecular formula is C32H36N6O3. The lowest BCUT2D eigenvalue weighted by molar-refractivity contribution is -0.113. The summed E-state index contributed by atoms with van der Waals surface area (Å²) in [4.78, 5) is 20.4. The van der Waals surface area contributed by atoms with Crippen LogP contribution in [0, 0.1) is 6.92 Å². The second-order valence-corrected chi connectivity index (χ2v) is 10.6. The van der Waals surface area contributed by atoms with E-state index in [0.29, 0.717) is 31.1 Å². The topological polar surface area (TPSA) is 105 Å². The highest BCUT2D eigenvalue weighted by molar-refractivity contribution is 6.09. The Morgan fingerprint density at radius 2 is 2.02 bits per heavy atom. The molecule has 5 heterocycles. The first-order valence-electron chi connectivity index (χ1n) is 14.4. The maximum atomic E-state index is 13.9. The zero-order valence-electron chi connectivity index (χ0n) is 23.5. The molecule has 212 valence electrons. The minimum Gasteiger partial charge on any atom is -0.486 e. The van der Waals surface area contributed by atoms with Crippen LogP contribution in [-0.4, -0.2) is 56.0 Å². The van der Waals surface area contributed by atoms with Crippen LogP contribution >= 0.6 is 0 Å². The van der Waals surface area contributed by atoms with Crippen molar-refractivity contribution in [2.24, 2.45) is 0 Å². The summed E-state index contributed by atoms with van der Waals surface area (Å²) in [6.45, 7) is 5.75. The Morgan fingerprint density at radius 3 is 2.83 bits per heavy atom. The number of allylic oxidation sites excluding steroid dienone is 4. The summed E-state index contributed by atoms with van der Waals surface area (Å²) in [6.07, 6.45) is 12.4. The van der Waals surface area contributed by atoms with Crippen LogP contribution in [0.4, 0.5) is 5.69 Å². The van der Waals surface area contributed by atoms with Gasteiger partial charge in [0.05, 0.1) is 29.1 Å². The highest BCUT2D eigenvalue weighted by Gasteiger charge is 2.29. The molecule has 1 saturated heterocycles. The van der Waals surface area contributed by atoms with E-state index >= 15 is 0 Å². The fraction of sp³-hybridized carbons (Fsp3) is 0.344. The third-order valence-corrected chi connectivity index (χ3v) is 7.65. The molecule has 2 atom stereocenters. The quantitative estimate of drug-likeness (QED) is 0.401. The third kappa shape index (κ3) is 5.68. The number of aliphatic hydroxyl groups excluding tert-OH is 1. The Labute approximate surface area is 239 Å². The summed E-state index contributed by atoms with van der Waals surface area (Å²) in [5.41, 5.74) is 5.99. The van der Waals surface area contributed by atoms with Crippen molar-refractivity contribution in [3.05, 3.63) is 101 Å². The van der Waals surface area contributed by atoms with E-state index in [-0.39, 0.29) is 12.0 Å². The molecule has 3 N–H and O–H groups in total. The van der Waals surface area contributed by atoms with E-state index in [1.807, 2.05) is 77.3 Å². The normalized spacial score (nSPS) is 23.1. The molecule has 3 aliphatic heterocycles. The van der Waals surface area contributed by atoms with Gasteiger partial charge >= 0.3 is 0 Å². The van der Waals surface area contributed by atoms with Crippen molar-refractivity contribution in [3.8, 4) is 0 Å². The number of β-amino-alcohol motifs (C(OH)–C–C–N with tert-alkyl or cyclic N) is 1. The van der Waals surface area contributed by atoms with E-state index in [1.165, 1.54) is 0 Å². The van der Waals surface area contributed by atoms with Gasteiger partial charge in [0.15, 0.2) is 0 Å². The predicted octanol–water partition coefficient (Wildman–Crippen LogP) is 4.30. The van der Waals surface area contributed by atoms with Crippen molar-refractivity contribution in [3.63, 3.8) is 0 Å². The van der Waals surface area contributed by atoms with Crippen molar-refractivity contribution in [1.29, 1.82) is 0 Å². The summed E-state index contributed by atoms with van der Waals surface area (Å²) in [6, 6.07) is 11.9. The van der Waals surface area contributed by atoms with Crippen LogP contribution in [0.3, 0.4) is 0 Å². The summed E-state index contributed by atoms with van der Waals surface area (Å²) in [5.74, 6) is 0.492. The standard InChI is InChI=1S/C32H36N6O3/c1-3-25-31-26(12-8-14-27(31)38(36-25)20-22-10-7-9-21(2)34-22)35-32(40)28-13-6-4-5-11-23-17-24(15-16-37(23)28)41-30-19-33-18-29(30)39/h7-17,29-30,33,39H,3-6,18-20H2,1-2H3,(H,35,40)/b23-11+,28-13-/t29-,30-/m1/s1. The van der Waals surface area contributed by atoms with Gasteiger partial charge in [0, 0.05) is 42.1 Å². The number of hydrogen-bond donors (Lipinski definition) is 3. The molecule has 9 heteroatoms. The number of carbonyl (C=O) groups excluding carboxylic acids is 1. The summed E-state index contributed by atoms with van der Waals surface area (Å²) in [5, 5.41) is 22.3. The molecule has 1 amide bonds. The van der Waals surface area contributed by atoms with Crippen LogP contribution in [-0.2, 0) is 22.5 Å². The minimum atomic E-state index is -0.539. The van der Waals surface area contributed by atoms with Gasteiger partial charge in [-0.2, -0.15) is 5.10 Å². The monoisotopic (exact) mass is 552 g/mol. The molecule has 1 fully saturated rings. The summed E-state index contributed by atoms with van der Waals surface area (Å²) >= 11 is 0. The molecule has 9 nitrogen and oxygen atoms in total. The van der Waals surface area contributed by atoms with Crippen molar-refractivity contribution >= 4 is 22.5 Å². The maximum absolute atomic E-state index is 13.9. The van der Waals surface area contributed by atoms with Crippen molar-refractivity contribution in [1.82, 2.24) is 25.0 Å². The van der Waals surface area contributed by atoms with Gasteiger partial charge in [-0.05, 0) is 62.9 Å². The molecule has 0 bridgehead atoms. The number of fused-ring (bicyclic) bond motifs is 2. The number of aryl methyl sites for hydroxylation is 2. The molecule has 2 aromatic heterocycles. The number of amides is 1. The number of ether oxygens (including phenoxy) is 1. The van der Waals surface area contributed by atoms with Crippen LogP contribution in [0.25, 0.3) is 10.9 Å². The number of benzene rings is 1. The van der Waals surface area contributed by atoms with Gasteiger partial charge in [-0.1, -0.05) is 31.2 Å².